The zero-order valence-corrected chi connectivity index (χ0v) is 29.2. The molecule has 2 aromatic carbocycles. The Morgan fingerprint density at radius 1 is 0.260 bits per heavy atom. The van der Waals surface area contributed by atoms with E-state index >= 15 is 0 Å². The zero-order chi connectivity index (χ0) is 33.3. The summed E-state index contributed by atoms with van der Waals surface area (Å²) < 4.78 is 9.00. The Balaban J connectivity index is 0.999. The molecule has 0 unspecified atom stereocenters. The van der Waals surface area contributed by atoms with E-state index in [0.717, 1.165) is 26.2 Å². The Labute approximate surface area is 300 Å². The molecule has 16 bridgehead atoms. The summed E-state index contributed by atoms with van der Waals surface area (Å²) in [6.45, 7) is 3.38. The highest BCUT2D eigenvalue weighted by molar-refractivity contribution is 7.19. The molecular formula is C44H36N4S2+4. The van der Waals surface area contributed by atoms with Crippen molar-refractivity contribution in [1.29, 1.82) is 0 Å². The average Bonchev–Trinajstić information content (AvgIpc) is 3.86. The first kappa shape index (κ1) is 30.5. The number of aromatic nitrogens is 4. The number of rotatable bonds is 0. The second-order valence-corrected chi connectivity index (χ2v) is 15.2. The molecule has 6 heteroatoms. The maximum absolute atomic E-state index is 2.25. The van der Waals surface area contributed by atoms with Gasteiger partial charge in [-0.1, -0.05) is 48.5 Å². The van der Waals surface area contributed by atoms with Gasteiger partial charge in [-0.15, -0.1) is 22.7 Å². The molecule has 16 aliphatic heterocycles. The Morgan fingerprint density at radius 3 is 0.660 bits per heavy atom. The monoisotopic (exact) mass is 684 g/mol. The van der Waals surface area contributed by atoms with Gasteiger partial charge in [0, 0.05) is 113 Å². The number of benzene rings is 2. The van der Waals surface area contributed by atoms with Crippen molar-refractivity contribution in [3.05, 3.63) is 193 Å². The summed E-state index contributed by atoms with van der Waals surface area (Å²) in [4.78, 5) is 5.13. The van der Waals surface area contributed by atoms with E-state index in [-0.39, 0.29) is 0 Å². The molecule has 24 rings (SSSR count). The molecule has 0 radical (unpaired) electrons. The van der Waals surface area contributed by atoms with Crippen LogP contribution < -0.4 is 18.3 Å². The quantitative estimate of drug-likeness (QED) is 0.144. The van der Waals surface area contributed by atoms with Gasteiger partial charge >= 0.3 is 0 Å². The SMILES string of the molecule is c1cc2ccc1C[n+]1ccc(cc1)-c1ccc(s1)-c1cc[n+](cc1)Cc1ccc(cc1)C[n+]1ccc(cc1)-c1ccc(s1)-c1cc[n+](cc1)C2. The molecule has 8 aromatic rings. The standard InChI is InChI=1S/C44H36N4S2/c1-2-34-4-3-33(1)29-45-21-13-37(14-22-45)41-9-10-43(49-41)39-17-25-47(26-18-39)31-35-5-7-36(8-6-35)32-48-27-19-40(20-28-48)44-12-11-42(50-44)38-15-23-46(30-34)24-16-38/h1-28H,29-32H2/q+4. The van der Waals surface area contributed by atoms with Gasteiger partial charge in [-0.05, 0) is 24.3 Å². The number of hydrogen-bond acceptors (Lipinski definition) is 2. The summed E-state index contributed by atoms with van der Waals surface area (Å²) in [5, 5.41) is 0. The van der Waals surface area contributed by atoms with Crippen LogP contribution in [0.15, 0.2) is 171 Å². The van der Waals surface area contributed by atoms with Crippen molar-refractivity contribution in [3.8, 4) is 41.8 Å². The first-order valence-corrected chi connectivity index (χ1v) is 18.6. The van der Waals surface area contributed by atoms with Crippen LogP contribution >= 0.6 is 22.7 Å². The van der Waals surface area contributed by atoms with Crippen LogP contribution in [-0.2, 0) is 26.2 Å². The lowest BCUT2D eigenvalue weighted by Gasteiger charge is -2.03. The van der Waals surface area contributed by atoms with Crippen molar-refractivity contribution in [2.75, 3.05) is 0 Å². The summed E-state index contributed by atoms with van der Waals surface area (Å²) >= 11 is 3.69. The van der Waals surface area contributed by atoms with Crippen molar-refractivity contribution in [2.45, 2.75) is 26.2 Å². The largest absolute Gasteiger partial charge is 0.201 e. The van der Waals surface area contributed by atoms with E-state index in [0.29, 0.717) is 0 Å². The number of nitrogens with zero attached hydrogens (tertiary/aromatic N) is 4. The summed E-state index contributed by atoms with van der Waals surface area (Å²) in [6, 6.07) is 44.8. The van der Waals surface area contributed by atoms with Gasteiger partial charge in [0.15, 0.2) is 75.8 Å². The third-order valence-electron chi connectivity index (χ3n) is 9.42. The summed E-state index contributed by atoms with van der Waals surface area (Å²) in [6.07, 6.45) is 17.5. The molecule has 16 aliphatic rings. The highest BCUT2D eigenvalue weighted by Crippen LogP contribution is 2.35. The zero-order valence-electron chi connectivity index (χ0n) is 27.6. The maximum Gasteiger partial charge on any atom is 0.173 e. The maximum atomic E-state index is 2.25. The van der Waals surface area contributed by atoms with E-state index in [9.17, 15) is 0 Å². The van der Waals surface area contributed by atoms with Crippen LogP contribution in [0, 0.1) is 0 Å². The molecule has 6 aromatic heterocycles. The van der Waals surface area contributed by atoms with Gasteiger partial charge in [0.25, 0.3) is 0 Å². The van der Waals surface area contributed by atoms with Gasteiger partial charge in [-0.3, -0.25) is 0 Å². The van der Waals surface area contributed by atoms with E-state index in [2.05, 4.69) is 189 Å². The Bertz CT molecular complexity index is 2030. The van der Waals surface area contributed by atoms with Gasteiger partial charge in [-0.25, -0.2) is 18.3 Å². The fraction of sp³-hybridized carbons (Fsp3) is 0.0909. The molecule has 0 saturated carbocycles. The van der Waals surface area contributed by atoms with Crippen LogP contribution in [0.5, 0.6) is 0 Å². The van der Waals surface area contributed by atoms with Gasteiger partial charge < -0.3 is 0 Å². The third-order valence-corrected chi connectivity index (χ3v) is 11.8. The minimum Gasteiger partial charge on any atom is -0.201 e. The molecule has 0 atom stereocenters. The van der Waals surface area contributed by atoms with Gasteiger partial charge in [0.1, 0.15) is 0 Å². The fourth-order valence-electron chi connectivity index (χ4n) is 6.55. The van der Waals surface area contributed by atoms with Crippen molar-refractivity contribution < 1.29 is 18.3 Å². The molecule has 22 heterocycles. The highest BCUT2D eigenvalue weighted by atomic mass is 32.1. The van der Waals surface area contributed by atoms with E-state index in [4.69, 9.17) is 0 Å². The van der Waals surface area contributed by atoms with E-state index in [1.165, 1.54) is 64.0 Å². The van der Waals surface area contributed by atoms with Crippen molar-refractivity contribution in [2.24, 2.45) is 0 Å². The molecule has 0 amide bonds. The molecule has 0 N–H and O–H groups in total. The summed E-state index contributed by atoms with van der Waals surface area (Å²) in [7, 11) is 0. The minimum atomic E-state index is 0.845. The molecule has 0 fully saturated rings. The highest BCUT2D eigenvalue weighted by Gasteiger charge is 2.13. The van der Waals surface area contributed by atoms with Crippen molar-refractivity contribution in [1.82, 2.24) is 0 Å². The molecule has 0 spiro atoms. The summed E-state index contributed by atoms with van der Waals surface area (Å²) in [5.41, 5.74) is 10.2. The Morgan fingerprint density at radius 2 is 0.460 bits per heavy atom. The van der Waals surface area contributed by atoms with Crippen LogP contribution in [-0.4, -0.2) is 0 Å². The smallest absolute Gasteiger partial charge is 0.173 e. The molecule has 240 valence electrons. The lowest BCUT2D eigenvalue weighted by Crippen LogP contribution is -2.33. The number of hydrogen-bond donors (Lipinski definition) is 0. The Hall–Kier alpha value is -5.56. The normalized spacial score (nSPS) is 12.5. The first-order valence-electron chi connectivity index (χ1n) is 17.0. The van der Waals surface area contributed by atoms with Gasteiger partial charge in [-0.2, -0.15) is 0 Å². The topological polar surface area (TPSA) is 15.5 Å². The molecule has 0 saturated heterocycles. The van der Waals surface area contributed by atoms with Crippen molar-refractivity contribution >= 4 is 22.7 Å². The predicted octanol–water partition coefficient (Wildman–Crippen LogP) is 8.13. The third kappa shape index (κ3) is 6.68. The van der Waals surface area contributed by atoms with Crippen LogP contribution in [0.2, 0.25) is 0 Å². The second-order valence-electron chi connectivity index (χ2n) is 13.0. The van der Waals surface area contributed by atoms with Crippen LogP contribution in [0.3, 0.4) is 0 Å². The van der Waals surface area contributed by atoms with Crippen molar-refractivity contribution in [3.63, 3.8) is 0 Å². The summed E-state index contributed by atoms with van der Waals surface area (Å²) in [5.74, 6) is 0. The van der Waals surface area contributed by atoms with E-state index < -0.39 is 0 Å². The van der Waals surface area contributed by atoms with Crippen LogP contribution in [0.4, 0.5) is 0 Å². The minimum absolute atomic E-state index is 0.845. The lowest BCUT2D eigenvalue weighted by atomic mass is 10.1. The fourth-order valence-corrected chi connectivity index (χ4v) is 8.58. The number of pyridine rings is 4. The van der Waals surface area contributed by atoms with E-state index in [1.54, 1.807) is 0 Å². The molecule has 4 nitrogen and oxygen atoms in total. The Kier molecular flexibility index (Phi) is 8.17. The first-order chi connectivity index (χ1) is 24.7. The molecule has 0 aliphatic carbocycles. The molecule has 50 heavy (non-hydrogen) atoms. The van der Waals surface area contributed by atoms with Gasteiger partial charge in [0.05, 0.1) is 0 Å². The average molecular weight is 685 g/mol. The molecular weight excluding hydrogens is 649 g/mol. The van der Waals surface area contributed by atoms with Crippen LogP contribution in [0.25, 0.3) is 41.8 Å². The van der Waals surface area contributed by atoms with Crippen LogP contribution in [0.1, 0.15) is 22.3 Å². The van der Waals surface area contributed by atoms with Gasteiger partial charge in [0.2, 0.25) is 0 Å². The lowest BCUT2D eigenvalue weighted by molar-refractivity contribution is -0.688. The predicted molar refractivity (Wildman–Crippen MR) is 200 cm³/mol. The van der Waals surface area contributed by atoms with E-state index in [1.807, 2.05) is 22.7 Å². The second kappa shape index (κ2) is 13.4. The number of thiophene rings is 2.